The third-order valence-electron chi connectivity index (χ3n) is 2.79. The molecule has 4 heteroatoms. The van der Waals surface area contributed by atoms with Crippen LogP contribution in [-0.4, -0.2) is 30.3 Å². The van der Waals surface area contributed by atoms with E-state index in [4.69, 9.17) is 9.84 Å². The van der Waals surface area contributed by atoms with Gasteiger partial charge in [-0.3, -0.25) is 4.79 Å². The lowest BCUT2D eigenvalue weighted by molar-refractivity contribution is -0.139. The summed E-state index contributed by atoms with van der Waals surface area (Å²) in [7, 11) is 0. The van der Waals surface area contributed by atoms with Gasteiger partial charge < -0.3 is 15.2 Å². The van der Waals surface area contributed by atoms with Gasteiger partial charge in [0.2, 0.25) is 0 Å². The van der Waals surface area contributed by atoms with Gasteiger partial charge in [-0.25, -0.2) is 0 Å². The van der Waals surface area contributed by atoms with Gasteiger partial charge in [0.05, 0.1) is 0 Å². The molecule has 0 fully saturated rings. The third kappa shape index (κ3) is 6.25. The minimum atomic E-state index is -0.802. The number of benzene rings is 1. The van der Waals surface area contributed by atoms with E-state index in [-0.39, 0.29) is 0 Å². The molecular formula is C15H23NO3. The van der Waals surface area contributed by atoms with Gasteiger partial charge in [0.25, 0.3) is 0 Å². The predicted octanol–water partition coefficient (Wildman–Crippen LogP) is 2.46. The van der Waals surface area contributed by atoms with E-state index in [1.54, 1.807) is 0 Å². The quantitative estimate of drug-likeness (QED) is 0.709. The number of carbonyl (C=O) groups is 1. The van der Waals surface area contributed by atoms with Crippen LogP contribution >= 0.6 is 0 Å². The van der Waals surface area contributed by atoms with Crippen LogP contribution in [0.2, 0.25) is 0 Å². The van der Waals surface area contributed by atoms with Crippen molar-refractivity contribution in [3.05, 3.63) is 29.8 Å². The van der Waals surface area contributed by atoms with Crippen LogP contribution in [-0.2, 0) is 4.79 Å². The molecule has 0 radical (unpaired) electrons. The molecule has 1 atom stereocenters. The summed E-state index contributed by atoms with van der Waals surface area (Å²) in [6, 6.07) is 7.31. The Labute approximate surface area is 114 Å². The lowest BCUT2D eigenvalue weighted by Gasteiger charge is -2.16. The van der Waals surface area contributed by atoms with Crippen LogP contribution in [0, 0.1) is 12.8 Å². The van der Waals surface area contributed by atoms with Crippen LogP contribution in [0.15, 0.2) is 24.3 Å². The summed E-state index contributed by atoms with van der Waals surface area (Å²) in [6.07, 6.45) is 0.625. The summed E-state index contributed by atoms with van der Waals surface area (Å²) in [5.74, 6) is 0.360. The monoisotopic (exact) mass is 265 g/mol. The fourth-order valence-electron chi connectivity index (χ4n) is 1.78. The Morgan fingerprint density at radius 3 is 2.47 bits per heavy atom. The summed E-state index contributed by atoms with van der Waals surface area (Å²) in [5.41, 5.74) is 1.19. The highest BCUT2D eigenvalue weighted by atomic mass is 16.5. The first kappa shape index (κ1) is 15.5. The minimum absolute atomic E-state index is 0.353. The van der Waals surface area contributed by atoms with Crippen molar-refractivity contribution >= 4 is 5.97 Å². The van der Waals surface area contributed by atoms with Gasteiger partial charge in [-0.2, -0.15) is 0 Å². The zero-order valence-electron chi connectivity index (χ0n) is 11.8. The highest BCUT2D eigenvalue weighted by Crippen LogP contribution is 2.11. The molecule has 0 saturated carbocycles. The molecule has 0 spiro atoms. The maximum Gasteiger partial charge on any atom is 0.320 e. The van der Waals surface area contributed by atoms with E-state index in [9.17, 15) is 4.79 Å². The second kappa shape index (κ2) is 7.79. The molecule has 1 rings (SSSR count). The zero-order chi connectivity index (χ0) is 14.3. The van der Waals surface area contributed by atoms with Crippen molar-refractivity contribution < 1.29 is 14.6 Å². The van der Waals surface area contributed by atoms with E-state index in [1.807, 2.05) is 45.0 Å². The van der Waals surface area contributed by atoms with Crippen LogP contribution in [0.1, 0.15) is 25.8 Å². The third-order valence-corrected chi connectivity index (χ3v) is 2.79. The first-order valence-corrected chi connectivity index (χ1v) is 6.64. The molecule has 0 aliphatic carbocycles. The lowest BCUT2D eigenvalue weighted by Crippen LogP contribution is -2.39. The number of nitrogens with one attached hydrogen (secondary N) is 1. The molecule has 0 amide bonds. The standard InChI is InChI=1S/C15H23NO3/c1-11(2)10-14(15(17)18)16-8-9-19-13-6-4-12(3)5-7-13/h4-7,11,14,16H,8-10H2,1-3H3,(H,17,18). The fourth-order valence-corrected chi connectivity index (χ4v) is 1.78. The van der Waals surface area contributed by atoms with E-state index < -0.39 is 12.0 Å². The maximum atomic E-state index is 11.0. The largest absolute Gasteiger partial charge is 0.492 e. The van der Waals surface area contributed by atoms with E-state index >= 15 is 0 Å². The highest BCUT2D eigenvalue weighted by molar-refractivity contribution is 5.73. The summed E-state index contributed by atoms with van der Waals surface area (Å²) in [5, 5.41) is 12.1. The number of ether oxygens (including phenoxy) is 1. The van der Waals surface area contributed by atoms with Crippen molar-refractivity contribution in [1.29, 1.82) is 0 Å². The fraction of sp³-hybridized carbons (Fsp3) is 0.533. The van der Waals surface area contributed by atoms with Crippen LogP contribution in [0.5, 0.6) is 5.75 Å². The molecule has 0 aliphatic heterocycles. The zero-order valence-corrected chi connectivity index (χ0v) is 11.8. The van der Waals surface area contributed by atoms with Crippen molar-refractivity contribution in [1.82, 2.24) is 5.32 Å². The molecule has 1 aromatic carbocycles. The second-order valence-corrected chi connectivity index (χ2v) is 5.14. The molecule has 106 valence electrons. The molecular weight excluding hydrogens is 242 g/mol. The molecule has 0 aromatic heterocycles. The number of rotatable bonds is 8. The van der Waals surface area contributed by atoms with Gasteiger partial charge >= 0.3 is 5.97 Å². The Bertz CT molecular complexity index is 387. The number of aryl methyl sites for hydroxylation is 1. The SMILES string of the molecule is Cc1ccc(OCCNC(CC(C)C)C(=O)O)cc1. The average Bonchev–Trinajstić information content (AvgIpc) is 2.34. The lowest BCUT2D eigenvalue weighted by atomic mass is 10.0. The Balaban J connectivity index is 2.28. The molecule has 0 saturated heterocycles. The Hall–Kier alpha value is -1.55. The molecule has 0 aliphatic rings. The smallest absolute Gasteiger partial charge is 0.320 e. The van der Waals surface area contributed by atoms with Crippen LogP contribution < -0.4 is 10.1 Å². The number of carboxylic acid groups (broad SMARTS) is 1. The molecule has 4 nitrogen and oxygen atoms in total. The van der Waals surface area contributed by atoms with Gasteiger partial charge in [-0.1, -0.05) is 31.5 Å². The maximum absolute atomic E-state index is 11.0. The van der Waals surface area contributed by atoms with Gasteiger partial charge in [0.15, 0.2) is 0 Å². The van der Waals surface area contributed by atoms with Gasteiger partial charge in [0.1, 0.15) is 18.4 Å². The first-order valence-electron chi connectivity index (χ1n) is 6.64. The number of carboxylic acids is 1. The normalized spacial score (nSPS) is 12.4. The van der Waals surface area contributed by atoms with E-state index in [2.05, 4.69) is 5.32 Å². The second-order valence-electron chi connectivity index (χ2n) is 5.14. The predicted molar refractivity (Wildman–Crippen MR) is 75.6 cm³/mol. The molecule has 19 heavy (non-hydrogen) atoms. The summed E-state index contributed by atoms with van der Waals surface area (Å²) in [4.78, 5) is 11.0. The minimum Gasteiger partial charge on any atom is -0.492 e. The van der Waals surface area contributed by atoms with Gasteiger partial charge in [-0.05, 0) is 31.4 Å². The van der Waals surface area contributed by atoms with Crippen LogP contribution in [0.25, 0.3) is 0 Å². The molecule has 0 heterocycles. The van der Waals surface area contributed by atoms with Crippen molar-refractivity contribution in [3.63, 3.8) is 0 Å². The first-order chi connectivity index (χ1) is 8.99. The topological polar surface area (TPSA) is 58.6 Å². The van der Waals surface area contributed by atoms with Gasteiger partial charge in [-0.15, -0.1) is 0 Å². The average molecular weight is 265 g/mol. The van der Waals surface area contributed by atoms with Gasteiger partial charge in [0, 0.05) is 6.54 Å². The number of hydrogen-bond acceptors (Lipinski definition) is 3. The summed E-state index contributed by atoms with van der Waals surface area (Å²) in [6.45, 7) is 7.04. The van der Waals surface area contributed by atoms with E-state index in [1.165, 1.54) is 5.56 Å². The molecule has 1 aromatic rings. The Kier molecular flexibility index (Phi) is 6.36. The highest BCUT2D eigenvalue weighted by Gasteiger charge is 2.17. The van der Waals surface area contributed by atoms with Crippen molar-refractivity contribution in [2.24, 2.45) is 5.92 Å². The Morgan fingerprint density at radius 2 is 1.95 bits per heavy atom. The molecule has 0 bridgehead atoms. The molecule has 2 N–H and O–H groups in total. The van der Waals surface area contributed by atoms with Crippen molar-refractivity contribution in [2.45, 2.75) is 33.2 Å². The Morgan fingerprint density at radius 1 is 1.32 bits per heavy atom. The van der Waals surface area contributed by atoms with Crippen molar-refractivity contribution in [3.8, 4) is 5.75 Å². The summed E-state index contributed by atoms with van der Waals surface area (Å²) >= 11 is 0. The van der Waals surface area contributed by atoms with E-state index in [0.717, 1.165) is 5.75 Å². The van der Waals surface area contributed by atoms with Crippen LogP contribution in [0.4, 0.5) is 0 Å². The molecule has 1 unspecified atom stereocenters. The van der Waals surface area contributed by atoms with Crippen LogP contribution in [0.3, 0.4) is 0 Å². The number of aliphatic carboxylic acids is 1. The van der Waals surface area contributed by atoms with E-state index in [0.29, 0.717) is 25.5 Å². The number of hydrogen-bond donors (Lipinski definition) is 2. The summed E-state index contributed by atoms with van der Waals surface area (Å²) < 4.78 is 5.54. The van der Waals surface area contributed by atoms with Crippen molar-refractivity contribution in [2.75, 3.05) is 13.2 Å².